The van der Waals surface area contributed by atoms with Gasteiger partial charge in [0.2, 0.25) is 0 Å². The van der Waals surface area contributed by atoms with Gasteiger partial charge >= 0.3 is 0 Å². The molecule has 0 aliphatic carbocycles. The Morgan fingerprint density at radius 3 is 2.48 bits per heavy atom. The summed E-state index contributed by atoms with van der Waals surface area (Å²) in [7, 11) is 0. The summed E-state index contributed by atoms with van der Waals surface area (Å²) in [6.07, 6.45) is 4.03. The van der Waals surface area contributed by atoms with Crippen molar-refractivity contribution < 1.29 is 0 Å². The van der Waals surface area contributed by atoms with Crippen LogP contribution in [0.4, 0.5) is 17.2 Å². The van der Waals surface area contributed by atoms with Gasteiger partial charge in [0, 0.05) is 24.7 Å². The molecule has 3 aromatic heterocycles. The zero-order valence-electron chi connectivity index (χ0n) is 16.4. The molecule has 7 nitrogen and oxygen atoms in total. The number of hydrogen-bond acceptors (Lipinski definition) is 6. The Labute approximate surface area is 169 Å². The second kappa shape index (κ2) is 7.50. The van der Waals surface area contributed by atoms with Crippen molar-refractivity contribution in [2.75, 3.05) is 23.3 Å². The molecule has 0 atom stereocenters. The van der Waals surface area contributed by atoms with Crippen LogP contribution >= 0.6 is 0 Å². The summed E-state index contributed by atoms with van der Waals surface area (Å²) in [6.45, 7) is 3.84. The first kappa shape index (κ1) is 17.6. The number of benzene rings is 1. The molecule has 5 rings (SSSR count). The molecular formula is C22H23N7. The quantitative estimate of drug-likeness (QED) is 0.573. The number of rotatable bonds is 4. The molecule has 29 heavy (non-hydrogen) atoms. The molecule has 0 spiro atoms. The Morgan fingerprint density at radius 1 is 0.897 bits per heavy atom. The van der Waals surface area contributed by atoms with E-state index < -0.39 is 0 Å². The lowest BCUT2D eigenvalue weighted by Gasteiger charge is -2.31. The topological polar surface area (TPSA) is 71.2 Å². The fraction of sp³-hybridized carbons (Fsp3) is 0.273. The molecule has 4 aromatic rings. The third-order valence-corrected chi connectivity index (χ3v) is 5.38. The maximum Gasteiger partial charge on any atom is 0.155 e. The van der Waals surface area contributed by atoms with E-state index >= 15 is 0 Å². The predicted octanol–water partition coefficient (Wildman–Crippen LogP) is 3.96. The highest BCUT2D eigenvalue weighted by Gasteiger charge is 2.24. The van der Waals surface area contributed by atoms with Gasteiger partial charge in [0.1, 0.15) is 0 Å². The van der Waals surface area contributed by atoms with Gasteiger partial charge in [0.05, 0.1) is 17.6 Å². The molecule has 0 unspecified atom stereocenters. The number of hydrogen-bond donors (Lipinski definition) is 1. The summed E-state index contributed by atoms with van der Waals surface area (Å²) in [5.41, 5.74) is 3.87. The Kier molecular flexibility index (Phi) is 4.56. The summed E-state index contributed by atoms with van der Waals surface area (Å²) < 4.78 is 1.87. The average molecular weight is 385 g/mol. The molecule has 0 saturated carbocycles. The van der Waals surface area contributed by atoms with Crippen LogP contribution in [-0.4, -0.2) is 37.9 Å². The Morgan fingerprint density at radius 2 is 1.72 bits per heavy atom. The van der Waals surface area contributed by atoms with Gasteiger partial charge in [-0.1, -0.05) is 18.2 Å². The summed E-state index contributed by atoms with van der Waals surface area (Å²) in [6, 6.07) is 18.2. The lowest BCUT2D eigenvalue weighted by atomic mass is 9.96. The van der Waals surface area contributed by atoms with Crippen molar-refractivity contribution >= 4 is 22.8 Å². The third kappa shape index (κ3) is 3.76. The number of aryl methyl sites for hydroxylation is 1. The van der Waals surface area contributed by atoms with Gasteiger partial charge in [-0.15, -0.1) is 5.10 Å². The SMILES string of the molecule is Cc1ccc(N2CCC(c3nc4ccc(Nc5ccccc5)cn4n3)CC2)nn1. The Hall–Kier alpha value is -3.48. The number of para-hydroxylation sites is 1. The highest BCUT2D eigenvalue weighted by atomic mass is 15.3. The van der Waals surface area contributed by atoms with Crippen LogP contribution in [0.1, 0.15) is 30.3 Å². The maximum atomic E-state index is 4.77. The van der Waals surface area contributed by atoms with Gasteiger partial charge in [-0.25, -0.2) is 9.50 Å². The zero-order valence-corrected chi connectivity index (χ0v) is 16.4. The van der Waals surface area contributed by atoms with Crippen LogP contribution in [0.2, 0.25) is 0 Å². The van der Waals surface area contributed by atoms with Crippen molar-refractivity contribution in [2.45, 2.75) is 25.7 Å². The van der Waals surface area contributed by atoms with Crippen molar-refractivity contribution in [3.05, 3.63) is 72.3 Å². The number of aromatic nitrogens is 5. The van der Waals surface area contributed by atoms with Gasteiger partial charge in [0.15, 0.2) is 17.3 Å². The van der Waals surface area contributed by atoms with Gasteiger partial charge in [-0.3, -0.25) is 0 Å². The van der Waals surface area contributed by atoms with Crippen molar-refractivity contribution in [1.29, 1.82) is 0 Å². The number of nitrogens with one attached hydrogen (secondary N) is 1. The smallest absolute Gasteiger partial charge is 0.155 e. The number of anilines is 3. The molecule has 1 N–H and O–H groups in total. The largest absolute Gasteiger partial charge is 0.355 e. The third-order valence-electron chi connectivity index (χ3n) is 5.38. The van der Waals surface area contributed by atoms with Crippen LogP contribution < -0.4 is 10.2 Å². The lowest BCUT2D eigenvalue weighted by molar-refractivity contribution is 0.482. The molecule has 146 valence electrons. The number of fused-ring (bicyclic) bond motifs is 1. The molecule has 1 aliphatic rings. The van der Waals surface area contributed by atoms with Crippen molar-refractivity contribution in [2.24, 2.45) is 0 Å². The van der Waals surface area contributed by atoms with E-state index in [0.29, 0.717) is 5.92 Å². The van der Waals surface area contributed by atoms with E-state index in [0.717, 1.165) is 60.3 Å². The molecule has 7 heteroatoms. The minimum Gasteiger partial charge on any atom is -0.355 e. The number of piperidine rings is 1. The van der Waals surface area contributed by atoms with Gasteiger partial charge in [-0.05, 0) is 56.2 Å². The monoisotopic (exact) mass is 385 g/mol. The minimum atomic E-state index is 0.370. The fourth-order valence-electron chi connectivity index (χ4n) is 3.76. The van der Waals surface area contributed by atoms with Crippen LogP contribution in [0, 0.1) is 6.92 Å². The highest BCUT2D eigenvalue weighted by molar-refractivity contribution is 5.60. The van der Waals surface area contributed by atoms with Crippen LogP contribution in [-0.2, 0) is 0 Å². The molecule has 0 amide bonds. The van der Waals surface area contributed by atoms with Gasteiger partial charge < -0.3 is 10.2 Å². The first-order valence-electron chi connectivity index (χ1n) is 9.98. The van der Waals surface area contributed by atoms with Gasteiger partial charge in [0.25, 0.3) is 0 Å². The molecule has 0 radical (unpaired) electrons. The molecular weight excluding hydrogens is 362 g/mol. The molecule has 1 fully saturated rings. The average Bonchev–Trinajstić information content (AvgIpc) is 3.19. The van der Waals surface area contributed by atoms with Crippen molar-refractivity contribution in [3.8, 4) is 0 Å². The summed E-state index contributed by atoms with van der Waals surface area (Å²) in [5.74, 6) is 2.25. The van der Waals surface area contributed by atoms with E-state index in [4.69, 9.17) is 10.1 Å². The Bertz CT molecular complexity index is 1100. The first-order chi connectivity index (χ1) is 14.2. The standard InChI is InChI=1S/C22H23N7/c1-16-7-9-21(26-25-16)28-13-11-17(12-14-28)22-24-20-10-8-19(15-29(20)27-22)23-18-5-3-2-4-6-18/h2-10,15,17,23H,11-14H2,1H3. The van der Waals surface area contributed by atoms with E-state index in [1.807, 2.05) is 72.2 Å². The van der Waals surface area contributed by atoms with E-state index in [1.54, 1.807) is 0 Å². The second-order valence-electron chi connectivity index (χ2n) is 7.48. The van der Waals surface area contributed by atoms with Crippen LogP contribution in [0.25, 0.3) is 5.65 Å². The fourth-order valence-corrected chi connectivity index (χ4v) is 3.76. The molecule has 4 heterocycles. The van der Waals surface area contributed by atoms with E-state index in [1.165, 1.54) is 0 Å². The van der Waals surface area contributed by atoms with Crippen molar-refractivity contribution in [1.82, 2.24) is 24.8 Å². The minimum absolute atomic E-state index is 0.370. The Balaban J connectivity index is 1.29. The molecule has 1 aromatic carbocycles. The predicted molar refractivity (Wildman–Crippen MR) is 114 cm³/mol. The first-order valence-corrected chi connectivity index (χ1v) is 9.98. The maximum absolute atomic E-state index is 4.77. The van der Waals surface area contributed by atoms with Gasteiger partial charge in [-0.2, -0.15) is 10.2 Å². The number of pyridine rings is 1. The van der Waals surface area contributed by atoms with Crippen LogP contribution in [0.3, 0.4) is 0 Å². The zero-order chi connectivity index (χ0) is 19.6. The van der Waals surface area contributed by atoms with Crippen LogP contribution in [0.5, 0.6) is 0 Å². The molecule has 1 saturated heterocycles. The lowest BCUT2D eigenvalue weighted by Crippen LogP contribution is -2.34. The van der Waals surface area contributed by atoms with Crippen molar-refractivity contribution in [3.63, 3.8) is 0 Å². The molecule has 0 bridgehead atoms. The second-order valence-corrected chi connectivity index (χ2v) is 7.48. The summed E-state index contributed by atoms with van der Waals surface area (Å²) in [4.78, 5) is 7.06. The normalized spacial score (nSPS) is 15.0. The number of nitrogens with zero attached hydrogens (tertiary/aromatic N) is 6. The van der Waals surface area contributed by atoms with Crippen LogP contribution in [0.15, 0.2) is 60.8 Å². The molecule has 1 aliphatic heterocycles. The highest BCUT2D eigenvalue weighted by Crippen LogP contribution is 2.28. The van der Waals surface area contributed by atoms with E-state index in [9.17, 15) is 0 Å². The van der Waals surface area contributed by atoms with E-state index in [-0.39, 0.29) is 0 Å². The summed E-state index contributed by atoms with van der Waals surface area (Å²) >= 11 is 0. The summed E-state index contributed by atoms with van der Waals surface area (Å²) in [5, 5.41) is 16.7. The van der Waals surface area contributed by atoms with E-state index in [2.05, 4.69) is 20.4 Å².